The zero-order chi connectivity index (χ0) is 18.5. The zero-order valence-electron chi connectivity index (χ0n) is 15.0. The van der Waals surface area contributed by atoms with Crippen molar-refractivity contribution in [1.82, 2.24) is 0 Å². The average Bonchev–Trinajstić information content (AvgIpc) is 2.91. The minimum atomic E-state index is -0.202. The number of carbonyl (C=O) groups is 1. The van der Waals surface area contributed by atoms with Crippen molar-refractivity contribution in [2.24, 2.45) is 10.7 Å². The number of rotatable bonds is 6. The van der Waals surface area contributed by atoms with Gasteiger partial charge in [-0.3, -0.25) is 4.79 Å². The molecule has 136 valence electrons. The summed E-state index contributed by atoms with van der Waals surface area (Å²) in [5.74, 6) is 1.07. The van der Waals surface area contributed by atoms with Crippen molar-refractivity contribution < 1.29 is 14.3 Å². The largest absolute Gasteiger partial charge is 0.489 e. The molecule has 0 unspecified atom stereocenters. The van der Waals surface area contributed by atoms with Gasteiger partial charge in [0.25, 0.3) is 0 Å². The van der Waals surface area contributed by atoms with Crippen molar-refractivity contribution in [3.05, 3.63) is 52.6 Å². The molecule has 2 heterocycles. The van der Waals surface area contributed by atoms with Gasteiger partial charge in [0.2, 0.25) is 0 Å². The van der Waals surface area contributed by atoms with E-state index in [-0.39, 0.29) is 5.97 Å². The Labute approximate surface area is 156 Å². The number of esters is 1. The minimum absolute atomic E-state index is 0.202. The molecule has 1 aromatic carbocycles. The van der Waals surface area contributed by atoms with Crippen LogP contribution in [0.4, 0.5) is 0 Å². The fourth-order valence-electron chi connectivity index (χ4n) is 2.74. The molecule has 0 spiro atoms. The molecule has 0 fully saturated rings. The number of carbonyl (C=O) groups excluding carboxylic acids is 1. The topological polar surface area (TPSA) is 73.9 Å². The molecule has 0 radical (unpaired) electrons. The van der Waals surface area contributed by atoms with Gasteiger partial charge in [-0.15, -0.1) is 11.3 Å². The third-order valence-electron chi connectivity index (χ3n) is 4.06. The van der Waals surface area contributed by atoms with E-state index in [1.165, 1.54) is 0 Å². The highest BCUT2D eigenvalue weighted by Gasteiger charge is 2.11. The molecule has 0 amide bonds. The predicted molar refractivity (Wildman–Crippen MR) is 106 cm³/mol. The summed E-state index contributed by atoms with van der Waals surface area (Å²) >= 11 is 1.59. The summed E-state index contributed by atoms with van der Waals surface area (Å²) in [6.45, 7) is 4.52. The fourth-order valence-corrected chi connectivity index (χ4v) is 3.73. The van der Waals surface area contributed by atoms with Crippen LogP contribution in [-0.4, -0.2) is 25.0 Å². The predicted octanol–water partition coefficient (Wildman–Crippen LogP) is 3.98. The van der Waals surface area contributed by atoms with Gasteiger partial charge in [-0.05, 0) is 54.8 Å². The van der Waals surface area contributed by atoms with E-state index in [4.69, 9.17) is 15.2 Å². The van der Waals surface area contributed by atoms with Gasteiger partial charge in [-0.2, -0.15) is 0 Å². The summed E-state index contributed by atoms with van der Waals surface area (Å²) in [6, 6.07) is 5.89. The number of hydrogen-bond acceptors (Lipinski definition) is 6. The van der Waals surface area contributed by atoms with Crippen molar-refractivity contribution in [3.63, 3.8) is 0 Å². The first-order valence-electron chi connectivity index (χ1n) is 8.55. The summed E-state index contributed by atoms with van der Waals surface area (Å²) in [5.41, 5.74) is 8.82. The second-order valence-corrected chi connectivity index (χ2v) is 6.91. The Bertz CT molecular complexity index is 909. The van der Waals surface area contributed by atoms with Crippen molar-refractivity contribution in [2.75, 3.05) is 13.2 Å². The van der Waals surface area contributed by atoms with Crippen LogP contribution in [0.1, 0.15) is 25.8 Å². The summed E-state index contributed by atoms with van der Waals surface area (Å²) in [7, 11) is 0. The maximum atomic E-state index is 11.7. The number of aliphatic imine (C=N–C) groups is 1. The van der Waals surface area contributed by atoms with Crippen molar-refractivity contribution >= 4 is 33.2 Å². The number of hydrogen-bond donors (Lipinski definition) is 1. The monoisotopic (exact) mass is 370 g/mol. The van der Waals surface area contributed by atoms with Crippen LogP contribution in [0.3, 0.4) is 0 Å². The molecule has 2 aromatic rings. The van der Waals surface area contributed by atoms with Crippen LogP contribution >= 0.6 is 11.3 Å². The quantitative estimate of drug-likeness (QED) is 0.781. The number of allylic oxidation sites excluding steroid dienone is 3. The van der Waals surface area contributed by atoms with E-state index < -0.39 is 0 Å². The van der Waals surface area contributed by atoms with Crippen LogP contribution in [-0.2, 0) is 16.0 Å². The van der Waals surface area contributed by atoms with Crippen molar-refractivity contribution in [1.29, 1.82) is 0 Å². The maximum absolute atomic E-state index is 11.7. The molecule has 1 aliphatic heterocycles. The highest BCUT2D eigenvalue weighted by molar-refractivity contribution is 7.17. The van der Waals surface area contributed by atoms with Crippen molar-refractivity contribution in [2.45, 2.75) is 26.7 Å². The van der Waals surface area contributed by atoms with Gasteiger partial charge >= 0.3 is 5.97 Å². The van der Waals surface area contributed by atoms with Gasteiger partial charge < -0.3 is 15.2 Å². The van der Waals surface area contributed by atoms with Crippen LogP contribution in [0.25, 0.3) is 10.1 Å². The molecule has 1 aromatic heterocycles. The Morgan fingerprint density at radius 2 is 2.19 bits per heavy atom. The summed E-state index contributed by atoms with van der Waals surface area (Å²) < 4.78 is 12.0. The molecular formula is C20H22N2O3S. The second kappa shape index (κ2) is 8.19. The Morgan fingerprint density at radius 3 is 3.00 bits per heavy atom. The lowest BCUT2D eigenvalue weighted by Gasteiger charge is -2.09. The van der Waals surface area contributed by atoms with E-state index in [1.807, 2.05) is 49.6 Å². The number of fused-ring (bicyclic) bond motifs is 1. The molecule has 2 N–H and O–H groups in total. The normalized spacial score (nSPS) is 14.3. The van der Waals surface area contributed by atoms with Gasteiger partial charge in [0, 0.05) is 16.0 Å². The second-order valence-electron chi connectivity index (χ2n) is 6.00. The first-order valence-corrected chi connectivity index (χ1v) is 9.43. The van der Waals surface area contributed by atoms with Crippen LogP contribution in [0.5, 0.6) is 5.75 Å². The Hall–Kier alpha value is -2.60. The molecule has 3 rings (SSSR count). The van der Waals surface area contributed by atoms with Crippen molar-refractivity contribution in [3.8, 4) is 5.75 Å². The molecule has 0 atom stereocenters. The first-order chi connectivity index (χ1) is 12.6. The third-order valence-corrected chi connectivity index (χ3v) is 5.06. The number of amidine groups is 1. The number of ether oxygens (including phenoxy) is 2. The van der Waals surface area contributed by atoms with Gasteiger partial charge in [0.15, 0.2) is 0 Å². The first kappa shape index (κ1) is 18.2. The Balaban J connectivity index is 1.69. The molecule has 0 aliphatic carbocycles. The fraction of sp³-hybridized carbons (Fsp3) is 0.300. The van der Waals surface area contributed by atoms with Gasteiger partial charge in [0.1, 0.15) is 18.2 Å². The number of benzene rings is 1. The third kappa shape index (κ3) is 4.32. The zero-order valence-corrected chi connectivity index (χ0v) is 15.8. The van der Waals surface area contributed by atoms with E-state index in [9.17, 15) is 4.79 Å². The van der Waals surface area contributed by atoms with E-state index >= 15 is 0 Å². The molecular weight excluding hydrogens is 348 g/mol. The van der Waals surface area contributed by atoms with Crippen LogP contribution in [0.2, 0.25) is 0 Å². The molecule has 5 nitrogen and oxygen atoms in total. The van der Waals surface area contributed by atoms with Crippen LogP contribution in [0.15, 0.2) is 52.0 Å². The van der Waals surface area contributed by atoms with Gasteiger partial charge in [-0.25, -0.2) is 4.99 Å². The SMILES string of the molecule is CCOC(=O)Cc1csc2cc(OCC3=CCC=C(C)N=C3N)ccc12. The highest BCUT2D eigenvalue weighted by Crippen LogP contribution is 2.30. The van der Waals surface area contributed by atoms with E-state index in [0.29, 0.717) is 25.5 Å². The Morgan fingerprint density at radius 1 is 1.35 bits per heavy atom. The standard InChI is InChI=1S/C20H22N2O3S/c1-3-24-19(23)9-15-12-26-18-10-16(7-8-17(15)18)25-11-14-6-4-5-13(2)22-20(14)21/h5-8,10,12H,3-4,9,11H2,1-2H3,(H2,21,22). The van der Waals surface area contributed by atoms with E-state index in [1.54, 1.807) is 11.3 Å². The maximum Gasteiger partial charge on any atom is 0.310 e. The lowest BCUT2D eigenvalue weighted by atomic mass is 10.1. The molecule has 0 saturated carbocycles. The smallest absolute Gasteiger partial charge is 0.310 e. The summed E-state index contributed by atoms with van der Waals surface area (Å²) in [5, 5.41) is 3.06. The van der Waals surface area contributed by atoms with Gasteiger partial charge in [0.05, 0.1) is 13.0 Å². The van der Waals surface area contributed by atoms with Crippen LogP contribution < -0.4 is 10.5 Å². The van der Waals surface area contributed by atoms with Gasteiger partial charge in [-0.1, -0.05) is 12.2 Å². The molecule has 6 heteroatoms. The highest BCUT2D eigenvalue weighted by atomic mass is 32.1. The minimum Gasteiger partial charge on any atom is -0.489 e. The molecule has 1 aliphatic rings. The Kier molecular flexibility index (Phi) is 5.73. The summed E-state index contributed by atoms with van der Waals surface area (Å²) in [4.78, 5) is 16.0. The lowest BCUT2D eigenvalue weighted by Crippen LogP contribution is -2.19. The number of nitrogens with zero attached hydrogens (tertiary/aromatic N) is 1. The molecule has 26 heavy (non-hydrogen) atoms. The average molecular weight is 370 g/mol. The molecule has 0 bridgehead atoms. The van der Waals surface area contributed by atoms with E-state index in [0.717, 1.165) is 39.1 Å². The van der Waals surface area contributed by atoms with Crippen LogP contribution in [0, 0.1) is 0 Å². The number of thiophene rings is 1. The number of nitrogens with two attached hydrogens (primary N) is 1. The lowest BCUT2D eigenvalue weighted by molar-refractivity contribution is -0.142. The van der Waals surface area contributed by atoms with E-state index in [2.05, 4.69) is 4.99 Å². The molecule has 0 saturated heterocycles. The summed E-state index contributed by atoms with van der Waals surface area (Å²) in [6.07, 6.45) is 5.16.